The van der Waals surface area contributed by atoms with E-state index >= 15 is 0 Å². The lowest BCUT2D eigenvalue weighted by Crippen LogP contribution is -2.12. The molecule has 0 spiro atoms. The molecule has 8 heteroatoms. The highest BCUT2D eigenvalue weighted by molar-refractivity contribution is 6.04. The average Bonchev–Trinajstić information content (AvgIpc) is 3.16. The fraction of sp³-hybridized carbons (Fsp3) is 0.0625. The predicted molar refractivity (Wildman–Crippen MR) is 84.9 cm³/mol. The predicted octanol–water partition coefficient (Wildman–Crippen LogP) is 1.70. The number of hydrogen-bond donors (Lipinski definition) is 1. The van der Waals surface area contributed by atoms with Gasteiger partial charge < -0.3 is 10.1 Å². The molecule has 0 fully saturated rings. The lowest BCUT2D eigenvalue weighted by molar-refractivity contribution is 0.0600. The normalized spacial score (nSPS) is 10.2. The van der Waals surface area contributed by atoms with Gasteiger partial charge in [-0.3, -0.25) is 4.79 Å². The van der Waals surface area contributed by atoms with Crippen molar-refractivity contribution in [3.05, 3.63) is 66.0 Å². The van der Waals surface area contributed by atoms with Gasteiger partial charge in [0.15, 0.2) is 0 Å². The van der Waals surface area contributed by atoms with Gasteiger partial charge in [0, 0.05) is 11.3 Å². The third kappa shape index (κ3) is 3.27. The van der Waals surface area contributed by atoms with Gasteiger partial charge in [0.2, 0.25) is 0 Å². The molecule has 0 saturated heterocycles. The fourth-order valence-corrected chi connectivity index (χ4v) is 2.06. The Balaban J connectivity index is 1.69. The van der Waals surface area contributed by atoms with Gasteiger partial charge in [0.05, 0.1) is 18.4 Å². The smallest absolute Gasteiger partial charge is 0.337 e. The number of amides is 1. The van der Waals surface area contributed by atoms with Crippen molar-refractivity contribution in [3.8, 4) is 5.69 Å². The van der Waals surface area contributed by atoms with Crippen LogP contribution in [0.3, 0.4) is 0 Å². The van der Waals surface area contributed by atoms with Crippen LogP contribution in [0.15, 0.2) is 54.9 Å². The molecule has 1 amide bonds. The van der Waals surface area contributed by atoms with Crippen LogP contribution >= 0.6 is 0 Å². The molecule has 1 heterocycles. The molecule has 0 unspecified atom stereocenters. The number of carbonyl (C=O) groups is 2. The van der Waals surface area contributed by atoms with E-state index in [9.17, 15) is 9.59 Å². The molecule has 0 saturated carbocycles. The molecule has 120 valence electrons. The lowest BCUT2D eigenvalue weighted by atomic mass is 10.1. The maximum absolute atomic E-state index is 12.2. The van der Waals surface area contributed by atoms with E-state index in [0.29, 0.717) is 16.8 Å². The number of esters is 1. The van der Waals surface area contributed by atoms with Crippen LogP contribution < -0.4 is 5.32 Å². The molecule has 24 heavy (non-hydrogen) atoms. The first-order valence-electron chi connectivity index (χ1n) is 7.00. The van der Waals surface area contributed by atoms with Crippen LogP contribution in [-0.2, 0) is 4.74 Å². The second kappa shape index (κ2) is 6.69. The third-order valence-electron chi connectivity index (χ3n) is 3.31. The van der Waals surface area contributed by atoms with Crippen molar-refractivity contribution in [2.24, 2.45) is 0 Å². The van der Waals surface area contributed by atoms with Crippen molar-refractivity contribution in [2.45, 2.75) is 0 Å². The Kier molecular flexibility index (Phi) is 4.28. The number of tetrazole rings is 1. The number of nitrogens with one attached hydrogen (secondary N) is 1. The molecule has 0 aliphatic rings. The van der Waals surface area contributed by atoms with Gasteiger partial charge in [-0.05, 0) is 59.0 Å². The molecule has 0 aliphatic carbocycles. The monoisotopic (exact) mass is 323 g/mol. The number of carbonyl (C=O) groups excluding carboxylic acids is 2. The van der Waals surface area contributed by atoms with Gasteiger partial charge in [0.25, 0.3) is 5.91 Å². The van der Waals surface area contributed by atoms with Crippen LogP contribution in [0.2, 0.25) is 0 Å². The van der Waals surface area contributed by atoms with E-state index in [1.54, 1.807) is 48.5 Å². The zero-order valence-corrected chi connectivity index (χ0v) is 12.7. The SMILES string of the molecule is COC(=O)c1ccc(C(=O)Nc2ccc(-n3cnnn3)cc2)cc1. The van der Waals surface area contributed by atoms with Crippen molar-refractivity contribution < 1.29 is 14.3 Å². The van der Waals surface area contributed by atoms with E-state index < -0.39 is 5.97 Å². The second-order valence-corrected chi connectivity index (χ2v) is 4.82. The number of ether oxygens (including phenoxy) is 1. The molecule has 3 rings (SSSR count). The molecule has 0 atom stereocenters. The Morgan fingerprint density at radius 2 is 1.67 bits per heavy atom. The molecule has 0 aliphatic heterocycles. The molecule has 8 nitrogen and oxygen atoms in total. The number of hydrogen-bond acceptors (Lipinski definition) is 6. The molecule has 0 bridgehead atoms. The van der Waals surface area contributed by atoms with Crippen LogP contribution in [0.4, 0.5) is 5.69 Å². The van der Waals surface area contributed by atoms with E-state index in [-0.39, 0.29) is 5.91 Å². The van der Waals surface area contributed by atoms with Crippen LogP contribution in [0.5, 0.6) is 0 Å². The highest BCUT2D eigenvalue weighted by Crippen LogP contribution is 2.14. The van der Waals surface area contributed by atoms with E-state index in [1.807, 2.05) is 0 Å². The van der Waals surface area contributed by atoms with Gasteiger partial charge in [-0.2, -0.15) is 0 Å². The quantitative estimate of drug-likeness (QED) is 0.734. The Morgan fingerprint density at radius 1 is 1.00 bits per heavy atom. The number of benzene rings is 2. The Morgan fingerprint density at radius 3 is 2.25 bits per heavy atom. The molecular weight excluding hydrogens is 310 g/mol. The minimum Gasteiger partial charge on any atom is -0.465 e. The summed E-state index contributed by atoms with van der Waals surface area (Å²) in [6.45, 7) is 0. The molecular formula is C16H13N5O3. The summed E-state index contributed by atoms with van der Waals surface area (Å²) >= 11 is 0. The van der Waals surface area contributed by atoms with Gasteiger partial charge in [-0.15, -0.1) is 5.10 Å². The van der Waals surface area contributed by atoms with E-state index in [1.165, 1.54) is 18.1 Å². The lowest BCUT2D eigenvalue weighted by Gasteiger charge is -2.07. The molecule has 0 radical (unpaired) electrons. The van der Waals surface area contributed by atoms with Gasteiger partial charge >= 0.3 is 5.97 Å². The highest BCUT2D eigenvalue weighted by atomic mass is 16.5. The van der Waals surface area contributed by atoms with Gasteiger partial charge in [-0.1, -0.05) is 0 Å². The summed E-state index contributed by atoms with van der Waals surface area (Å²) in [6.07, 6.45) is 1.48. The minimum absolute atomic E-state index is 0.276. The van der Waals surface area contributed by atoms with Gasteiger partial charge in [-0.25, -0.2) is 9.48 Å². The van der Waals surface area contributed by atoms with Crippen LogP contribution in [-0.4, -0.2) is 39.2 Å². The van der Waals surface area contributed by atoms with E-state index in [2.05, 4.69) is 25.6 Å². The summed E-state index contributed by atoms with van der Waals surface area (Å²) in [5.74, 6) is -0.721. The van der Waals surface area contributed by atoms with Crippen LogP contribution in [0.1, 0.15) is 20.7 Å². The topological polar surface area (TPSA) is 99.0 Å². The maximum Gasteiger partial charge on any atom is 0.337 e. The Labute approximate surface area is 137 Å². The van der Waals surface area contributed by atoms with Gasteiger partial charge in [0.1, 0.15) is 6.33 Å². The van der Waals surface area contributed by atoms with Crippen molar-refractivity contribution >= 4 is 17.6 Å². The summed E-state index contributed by atoms with van der Waals surface area (Å²) in [7, 11) is 1.31. The summed E-state index contributed by atoms with van der Waals surface area (Å²) in [6, 6.07) is 13.3. The first kappa shape index (κ1) is 15.3. The number of rotatable bonds is 4. The third-order valence-corrected chi connectivity index (χ3v) is 3.31. The second-order valence-electron chi connectivity index (χ2n) is 4.82. The first-order chi connectivity index (χ1) is 11.7. The zero-order valence-electron chi connectivity index (χ0n) is 12.7. The molecule has 2 aromatic carbocycles. The standard InChI is InChI=1S/C16H13N5O3/c1-24-16(23)12-4-2-11(3-5-12)15(22)18-13-6-8-14(9-7-13)21-10-17-19-20-21/h2-10H,1H3,(H,18,22). The summed E-state index contributed by atoms with van der Waals surface area (Å²) in [5, 5.41) is 13.7. The summed E-state index contributed by atoms with van der Waals surface area (Å²) < 4.78 is 6.13. The number of nitrogens with zero attached hydrogens (tertiary/aromatic N) is 4. The average molecular weight is 323 g/mol. The van der Waals surface area contributed by atoms with Crippen molar-refractivity contribution in [1.82, 2.24) is 20.2 Å². The van der Waals surface area contributed by atoms with Crippen LogP contribution in [0.25, 0.3) is 5.69 Å². The van der Waals surface area contributed by atoms with E-state index in [4.69, 9.17) is 0 Å². The van der Waals surface area contributed by atoms with Crippen molar-refractivity contribution in [3.63, 3.8) is 0 Å². The number of anilines is 1. The Bertz CT molecular complexity index is 842. The largest absolute Gasteiger partial charge is 0.465 e. The van der Waals surface area contributed by atoms with Crippen molar-refractivity contribution in [1.29, 1.82) is 0 Å². The zero-order chi connectivity index (χ0) is 16.9. The fourth-order valence-electron chi connectivity index (χ4n) is 2.06. The summed E-state index contributed by atoms with van der Waals surface area (Å²) in [5.41, 5.74) is 2.24. The molecule has 1 N–H and O–H groups in total. The Hall–Kier alpha value is -3.55. The van der Waals surface area contributed by atoms with E-state index in [0.717, 1.165) is 5.69 Å². The summed E-state index contributed by atoms with van der Waals surface area (Å²) in [4.78, 5) is 23.6. The maximum atomic E-state index is 12.2. The van der Waals surface area contributed by atoms with Crippen LogP contribution in [0, 0.1) is 0 Å². The first-order valence-corrected chi connectivity index (χ1v) is 7.00. The minimum atomic E-state index is -0.444. The highest BCUT2D eigenvalue weighted by Gasteiger charge is 2.09. The number of methoxy groups -OCH3 is 1. The number of aromatic nitrogens is 4. The van der Waals surface area contributed by atoms with Crippen molar-refractivity contribution in [2.75, 3.05) is 12.4 Å². The molecule has 1 aromatic heterocycles. The molecule has 3 aromatic rings.